The predicted octanol–water partition coefficient (Wildman–Crippen LogP) is 5.02. The highest BCUT2D eigenvalue weighted by Gasteiger charge is 2.13. The number of benzene rings is 2. The Morgan fingerprint density at radius 3 is 2.52 bits per heavy atom. The molecule has 120 valence electrons. The molecule has 1 N–H and O–H groups in total. The lowest BCUT2D eigenvalue weighted by Crippen LogP contribution is -2.13. The van der Waals surface area contributed by atoms with Crippen molar-refractivity contribution in [1.82, 2.24) is 9.55 Å². The first-order valence-electron chi connectivity index (χ1n) is 7.24. The molecule has 0 aliphatic rings. The largest absolute Gasteiger partial charge is 0.392 e. The lowest BCUT2D eigenvalue weighted by atomic mass is 10.3. The molecule has 0 fully saturated rings. The van der Waals surface area contributed by atoms with Gasteiger partial charge in [0.15, 0.2) is 0 Å². The molecule has 3 nitrogen and oxygen atoms in total. The van der Waals surface area contributed by atoms with Crippen LogP contribution in [0.3, 0.4) is 0 Å². The smallest absolute Gasteiger partial charge is 0.120 e. The van der Waals surface area contributed by atoms with Crippen LogP contribution >= 0.6 is 35.0 Å². The van der Waals surface area contributed by atoms with E-state index in [9.17, 15) is 5.11 Å². The zero-order valence-electron chi connectivity index (χ0n) is 12.5. The number of fused-ring (bicyclic) bond motifs is 1. The van der Waals surface area contributed by atoms with Crippen molar-refractivity contribution in [2.24, 2.45) is 0 Å². The SMILES string of the molecule is CC(O)Cn1c(CSc2ccc(Cl)cc2)nc2cc(Cl)ccc21. The van der Waals surface area contributed by atoms with E-state index < -0.39 is 6.10 Å². The van der Waals surface area contributed by atoms with Crippen molar-refractivity contribution in [3.8, 4) is 0 Å². The van der Waals surface area contributed by atoms with Gasteiger partial charge >= 0.3 is 0 Å². The van der Waals surface area contributed by atoms with Crippen molar-refractivity contribution >= 4 is 46.0 Å². The molecule has 1 atom stereocenters. The van der Waals surface area contributed by atoms with Gasteiger partial charge in [-0.25, -0.2) is 4.98 Å². The van der Waals surface area contributed by atoms with Gasteiger partial charge < -0.3 is 9.67 Å². The first-order chi connectivity index (χ1) is 11.0. The number of hydrogen-bond donors (Lipinski definition) is 1. The first kappa shape index (κ1) is 16.7. The van der Waals surface area contributed by atoms with E-state index in [1.54, 1.807) is 18.7 Å². The lowest BCUT2D eigenvalue weighted by Gasteiger charge is -2.11. The highest BCUT2D eigenvalue weighted by atomic mass is 35.5. The Hall–Kier alpha value is -1.20. The summed E-state index contributed by atoms with van der Waals surface area (Å²) in [5.74, 6) is 1.63. The predicted molar refractivity (Wildman–Crippen MR) is 97.4 cm³/mol. The molecule has 1 heterocycles. The van der Waals surface area contributed by atoms with E-state index in [0.717, 1.165) is 26.8 Å². The van der Waals surface area contributed by atoms with Gasteiger partial charge in [-0.05, 0) is 49.4 Å². The van der Waals surface area contributed by atoms with E-state index in [0.29, 0.717) is 17.3 Å². The summed E-state index contributed by atoms with van der Waals surface area (Å²) in [4.78, 5) is 5.81. The molecule has 0 saturated heterocycles. The fourth-order valence-corrected chi connectivity index (χ4v) is 3.55. The van der Waals surface area contributed by atoms with Gasteiger partial charge in [-0.3, -0.25) is 0 Å². The Labute approximate surface area is 149 Å². The molecule has 2 aromatic carbocycles. The van der Waals surface area contributed by atoms with Gasteiger partial charge in [-0.15, -0.1) is 11.8 Å². The monoisotopic (exact) mass is 366 g/mol. The fourth-order valence-electron chi connectivity index (χ4n) is 2.41. The van der Waals surface area contributed by atoms with Gasteiger partial charge in [0, 0.05) is 14.9 Å². The molecular weight excluding hydrogens is 351 g/mol. The molecule has 6 heteroatoms. The van der Waals surface area contributed by atoms with Crippen LogP contribution in [0, 0.1) is 0 Å². The summed E-state index contributed by atoms with van der Waals surface area (Å²) in [5.41, 5.74) is 1.84. The summed E-state index contributed by atoms with van der Waals surface area (Å²) in [6.45, 7) is 2.28. The van der Waals surface area contributed by atoms with Crippen molar-refractivity contribution in [3.05, 3.63) is 58.3 Å². The number of thioether (sulfide) groups is 1. The molecular formula is C17H16Cl2N2OS. The van der Waals surface area contributed by atoms with Crippen molar-refractivity contribution in [3.63, 3.8) is 0 Å². The van der Waals surface area contributed by atoms with Crippen molar-refractivity contribution in [1.29, 1.82) is 0 Å². The van der Waals surface area contributed by atoms with E-state index in [-0.39, 0.29) is 0 Å². The zero-order chi connectivity index (χ0) is 16.4. The van der Waals surface area contributed by atoms with Crippen LogP contribution in [0.15, 0.2) is 47.4 Å². The van der Waals surface area contributed by atoms with Gasteiger partial charge in [0.25, 0.3) is 0 Å². The minimum atomic E-state index is -0.442. The summed E-state index contributed by atoms with van der Waals surface area (Å²) in [6, 6.07) is 13.4. The summed E-state index contributed by atoms with van der Waals surface area (Å²) >= 11 is 13.7. The molecule has 3 rings (SSSR count). The molecule has 3 aromatic rings. The Morgan fingerprint density at radius 1 is 1.13 bits per heavy atom. The average Bonchev–Trinajstić information content (AvgIpc) is 2.83. The molecule has 1 unspecified atom stereocenters. The highest BCUT2D eigenvalue weighted by molar-refractivity contribution is 7.98. The lowest BCUT2D eigenvalue weighted by molar-refractivity contribution is 0.174. The Bertz CT molecular complexity index is 815. The quantitative estimate of drug-likeness (QED) is 0.644. The third kappa shape index (κ3) is 4.01. The Balaban J connectivity index is 1.90. The minimum absolute atomic E-state index is 0.442. The summed E-state index contributed by atoms with van der Waals surface area (Å²) in [7, 11) is 0. The van der Waals surface area contributed by atoms with Gasteiger partial charge in [-0.2, -0.15) is 0 Å². The molecule has 0 aliphatic heterocycles. The van der Waals surface area contributed by atoms with Crippen LogP contribution in [0.2, 0.25) is 10.0 Å². The van der Waals surface area contributed by atoms with Crippen molar-refractivity contribution in [2.45, 2.75) is 30.2 Å². The highest BCUT2D eigenvalue weighted by Crippen LogP contribution is 2.27. The number of aromatic nitrogens is 2. The number of imidazole rings is 1. The average molecular weight is 367 g/mol. The van der Waals surface area contributed by atoms with Crippen LogP contribution in [0.25, 0.3) is 11.0 Å². The van der Waals surface area contributed by atoms with Gasteiger partial charge in [-0.1, -0.05) is 23.2 Å². The maximum Gasteiger partial charge on any atom is 0.120 e. The van der Waals surface area contributed by atoms with Crippen molar-refractivity contribution in [2.75, 3.05) is 0 Å². The number of aliphatic hydroxyl groups is 1. The molecule has 1 aromatic heterocycles. The molecule has 0 bridgehead atoms. The van der Waals surface area contributed by atoms with Crippen molar-refractivity contribution < 1.29 is 5.11 Å². The number of nitrogens with zero attached hydrogens (tertiary/aromatic N) is 2. The van der Waals surface area contributed by atoms with E-state index in [4.69, 9.17) is 23.2 Å². The Kier molecular flexibility index (Phi) is 5.17. The number of halogens is 2. The van der Waals surface area contributed by atoms with Crippen LogP contribution in [-0.4, -0.2) is 20.8 Å². The maximum absolute atomic E-state index is 9.78. The first-order valence-corrected chi connectivity index (χ1v) is 8.98. The second kappa shape index (κ2) is 7.14. The number of hydrogen-bond acceptors (Lipinski definition) is 3. The summed E-state index contributed by atoms with van der Waals surface area (Å²) in [6.07, 6.45) is -0.442. The van der Waals surface area contributed by atoms with Crippen LogP contribution in [0.1, 0.15) is 12.7 Å². The van der Waals surface area contributed by atoms with Crippen LogP contribution in [0.4, 0.5) is 0 Å². The second-order valence-electron chi connectivity index (χ2n) is 5.36. The third-order valence-corrected chi connectivity index (χ3v) is 4.91. The molecule has 0 radical (unpaired) electrons. The molecule has 0 spiro atoms. The van der Waals surface area contributed by atoms with Crippen LogP contribution < -0.4 is 0 Å². The van der Waals surface area contributed by atoms with Gasteiger partial charge in [0.05, 0.1) is 29.4 Å². The maximum atomic E-state index is 9.78. The normalized spacial score (nSPS) is 12.7. The zero-order valence-corrected chi connectivity index (χ0v) is 14.9. The van der Waals surface area contributed by atoms with Crippen LogP contribution in [0.5, 0.6) is 0 Å². The molecule has 0 saturated carbocycles. The topological polar surface area (TPSA) is 38.0 Å². The standard InChI is InChI=1S/C17H16Cl2N2OS/c1-11(22)9-21-16-7-4-13(19)8-15(16)20-17(21)10-23-14-5-2-12(18)3-6-14/h2-8,11,22H,9-10H2,1H3. The minimum Gasteiger partial charge on any atom is -0.392 e. The van der Waals surface area contributed by atoms with Crippen LogP contribution in [-0.2, 0) is 12.3 Å². The van der Waals surface area contributed by atoms with Gasteiger partial charge in [0.1, 0.15) is 5.82 Å². The number of aliphatic hydroxyl groups excluding tert-OH is 1. The van der Waals surface area contributed by atoms with Gasteiger partial charge in [0.2, 0.25) is 0 Å². The molecule has 0 aliphatic carbocycles. The van der Waals surface area contributed by atoms with E-state index in [1.165, 1.54) is 0 Å². The summed E-state index contributed by atoms with van der Waals surface area (Å²) < 4.78 is 2.05. The summed E-state index contributed by atoms with van der Waals surface area (Å²) in [5, 5.41) is 11.2. The fraction of sp³-hybridized carbons (Fsp3) is 0.235. The second-order valence-corrected chi connectivity index (χ2v) is 7.28. The Morgan fingerprint density at radius 2 is 1.83 bits per heavy atom. The van der Waals surface area contributed by atoms with E-state index in [2.05, 4.69) is 9.55 Å². The third-order valence-electron chi connectivity index (χ3n) is 3.42. The van der Waals surface area contributed by atoms with E-state index in [1.807, 2.05) is 42.5 Å². The molecule has 0 amide bonds. The van der Waals surface area contributed by atoms with E-state index >= 15 is 0 Å². The molecule has 23 heavy (non-hydrogen) atoms. The number of rotatable bonds is 5.